The van der Waals surface area contributed by atoms with Crippen LogP contribution < -0.4 is 5.32 Å². The minimum atomic E-state index is -0.212. The number of carbonyl (C=O) groups is 1. The number of nitrogens with one attached hydrogen (secondary N) is 1. The molecule has 0 aromatic heterocycles. The number of benzene rings is 3. The Morgan fingerprint density at radius 2 is 1.75 bits per heavy atom. The number of carbonyl (C=O) groups excluding carboxylic acids is 1. The first kappa shape index (κ1) is 14.5. The molecular weight excluding hydrogens is 296 g/mol. The summed E-state index contributed by atoms with van der Waals surface area (Å²) in [5, 5.41) is 5.85. The van der Waals surface area contributed by atoms with Crippen LogP contribution in [0, 0.1) is 0 Å². The van der Waals surface area contributed by atoms with Gasteiger partial charge < -0.3 is 10.2 Å². The fourth-order valence-electron chi connectivity index (χ4n) is 3.35. The first-order valence-corrected chi connectivity index (χ1v) is 8.04. The Hall–Kier alpha value is -3.07. The van der Waals surface area contributed by atoms with E-state index in [-0.39, 0.29) is 12.1 Å². The van der Waals surface area contributed by atoms with Gasteiger partial charge in [-0.3, -0.25) is 4.79 Å². The second-order valence-electron chi connectivity index (χ2n) is 5.91. The average Bonchev–Trinajstić information content (AvgIpc) is 2.63. The molecule has 1 atom stereocenters. The van der Waals surface area contributed by atoms with Crippen LogP contribution in [0.2, 0.25) is 0 Å². The maximum absolute atomic E-state index is 13.0. The zero-order chi connectivity index (χ0) is 16.5. The van der Waals surface area contributed by atoms with Crippen LogP contribution in [0.15, 0.2) is 79.4 Å². The van der Waals surface area contributed by atoms with Gasteiger partial charge in [0.1, 0.15) is 6.17 Å². The van der Waals surface area contributed by atoms with E-state index in [9.17, 15) is 4.79 Å². The molecule has 3 aromatic carbocycles. The van der Waals surface area contributed by atoms with Crippen molar-refractivity contribution in [2.75, 3.05) is 11.9 Å². The number of para-hydroxylation sites is 1. The Morgan fingerprint density at radius 3 is 2.62 bits per heavy atom. The summed E-state index contributed by atoms with van der Waals surface area (Å²) in [5.74, 6) is 0.0298. The molecule has 3 heteroatoms. The van der Waals surface area contributed by atoms with E-state index in [4.69, 9.17) is 0 Å². The van der Waals surface area contributed by atoms with Crippen LogP contribution in [0.5, 0.6) is 0 Å². The molecule has 1 aliphatic rings. The van der Waals surface area contributed by atoms with Crippen molar-refractivity contribution in [2.45, 2.75) is 6.17 Å². The Kier molecular flexibility index (Phi) is 3.54. The summed E-state index contributed by atoms with van der Waals surface area (Å²) in [6.45, 7) is 4.31. The summed E-state index contributed by atoms with van der Waals surface area (Å²) in [5.41, 5.74) is 2.68. The van der Waals surface area contributed by atoms with Gasteiger partial charge in [0.05, 0.1) is 5.56 Å². The lowest BCUT2D eigenvalue weighted by Gasteiger charge is -2.38. The summed E-state index contributed by atoms with van der Waals surface area (Å²) in [6, 6.07) is 22.1. The summed E-state index contributed by atoms with van der Waals surface area (Å²) in [4.78, 5) is 14.8. The highest BCUT2D eigenvalue weighted by atomic mass is 16.2. The maximum atomic E-state index is 13.0. The van der Waals surface area contributed by atoms with Gasteiger partial charge in [-0.2, -0.15) is 0 Å². The lowest BCUT2D eigenvalue weighted by molar-refractivity contribution is 0.0708. The molecule has 24 heavy (non-hydrogen) atoms. The lowest BCUT2D eigenvalue weighted by Crippen LogP contribution is -2.43. The van der Waals surface area contributed by atoms with Crippen LogP contribution in [0.3, 0.4) is 0 Å². The van der Waals surface area contributed by atoms with E-state index in [0.717, 1.165) is 16.6 Å². The second kappa shape index (κ2) is 5.85. The molecule has 0 bridgehead atoms. The van der Waals surface area contributed by atoms with E-state index in [1.807, 2.05) is 47.4 Å². The SMILES string of the molecule is C=CCN1C(=O)c2ccccc2NC1c1cccc2ccccc12. The average molecular weight is 314 g/mol. The third-order valence-corrected chi connectivity index (χ3v) is 4.47. The molecule has 0 saturated carbocycles. The Balaban J connectivity index is 1.89. The van der Waals surface area contributed by atoms with E-state index in [0.29, 0.717) is 12.1 Å². The van der Waals surface area contributed by atoms with Gasteiger partial charge in [-0.05, 0) is 22.9 Å². The number of nitrogens with zero attached hydrogens (tertiary/aromatic N) is 1. The zero-order valence-corrected chi connectivity index (χ0v) is 13.3. The van der Waals surface area contributed by atoms with Crippen molar-refractivity contribution < 1.29 is 4.79 Å². The minimum Gasteiger partial charge on any atom is -0.361 e. The fraction of sp³-hybridized carbons (Fsp3) is 0.0952. The second-order valence-corrected chi connectivity index (χ2v) is 5.91. The van der Waals surface area contributed by atoms with Gasteiger partial charge in [-0.1, -0.05) is 60.7 Å². The molecule has 0 fully saturated rings. The van der Waals surface area contributed by atoms with Crippen molar-refractivity contribution in [3.8, 4) is 0 Å². The van der Waals surface area contributed by atoms with Crippen LogP contribution in [-0.2, 0) is 0 Å². The number of hydrogen-bond donors (Lipinski definition) is 1. The first-order chi connectivity index (χ1) is 11.8. The number of amides is 1. The van der Waals surface area contributed by atoms with E-state index in [1.54, 1.807) is 6.08 Å². The first-order valence-electron chi connectivity index (χ1n) is 8.04. The predicted molar refractivity (Wildman–Crippen MR) is 98.0 cm³/mol. The summed E-state index contributed by atoms with van der Waals surface area (Å²) in [7, 11) is 0. The van der Waals surface area contributed by atoms with Crippen molar-refractivity contribution in [1.82, 2.24) is 4.90 Å². The van der Waals surface area contributed by atoms with Gasteiger partial charge in [0.25, 0.3) is 5.91 Å². The minimum absolute atomic E-state index is 0.0298. The van der Waals surface area contributed by atoms with Crippen LogP contribution in [-0.4, -0.2) is 17.4 Å². The van der Waals surface area contributed by atoms with Gasteiger partial charge in [-0.25, -0.2) is 0 Å². The fourth-order valence-corrected chi connectivity index (χ4v) is 3.35. The molecule has 0 radical (unpaired) electrons. The summed E-state index contributed by atoms with van der Waals surface area (Å²) >= 11 is 0. The molecule has 118 valence electrons. The Morgan fingerprint density at radius 1 is 1.00 bits per heavy atom. The van der Waals surface area contributed by atoms with Crippen LogP contribution >= 0.6 is 0 Å². The molecule has 0 saturated heterocycles. The van der Waals surface area contributed by atoms with Crippen LogP contribution in [0.4, 0.5) is 5.69 Å². The van der Waals surface area contributed by atoms with Crippen molar-refractivity contribution in [3.05, 3.63) is 90.5 Å². The summed E-state index contributed by atoms with van der Waals surface area (Å²) < 4.78 is 0. The van der Waals surface area contributed by atoms with Gasteiger partial charge in [0, 0.05) is 17.8 Å². The molecule has 4 rings (SSSR count). The largest absolute Gasteiger partial charge is 0.361 e. The molecule has 1 aliphatic heterocycles. The third kappa shape index (κ3) is 2.26. The molecule has 3 aromatic rings. The molecule has 3 nitrogen and oxygen atoms in total. The van der Waals surface area contributed by atoms with E-state index >= 15 is 0 Å². The van der Waals surface area contributed by atoms with Crippen molar-refractivity contribution in [1.29, 1.82) is 0 Å². The number of fused-ring (bicyclic) bond motifs is 2. The highest BCUT2D eigenvalue weighted by Gasteiger charge is 2.32. The van der Waals surface area contributed by atoms with Crippen molar-refractivity contribution in [3.63, 3.8) is 0 Å². The standard InChI is InChI=1S/C21H18N2O/c1-2-14-23-20(22-19-13-6-5-11-18(19)21(23)24)17-12-7-9-15-8-3-4-10-16(15)17/h2-13,20,22H,1,14H2. The maximum Gasteiger partial charge on any atom is 0.258 e. The van der Waals surface area contributed by atoms with E-state index in [1.165, 1.54) is 5.39 Å². The van der Waals surface area contributed by atoms with E-state index in [2.05, 4.69) is 36.2 Å². The lowest BCUT2D eigenvalue weighted by atomic mass is 9.98. The van der Waals surface area contributed by atoms with Gasteiger partial charge >= 0.3 is 0 Å². The smallest absolute Gasteiger partial charge is 0.258 e. The normalized spacial score (nSPS) is 16.6. The van der Waals surface area contributed by atoms with Crippen molar-refractivity contribution >= 4 is 22.4 Å². The monoisotopic (exact) mass is 314 g/mol. The molecule has 1 N–H and O–H groups in total. The molecule has 1 amide bonds. The molecule has 1 unspecified atom stereocenters. The molecule has 0 spiro atoms. The highest BCUT2D eigenvalue weighted by Crippen LogP contribution is 2.35. The number of rotatable bonds is 3. The van der Waals surface area contributed by atoms with Gasteiger partial charge in [-0.15, -0.1) is 6.58 Å². The zero-order valence-electron chi connectivity index (χ0n) is 13.3. The predicted octanol–water partition coefficient (Wildman–Crippen LogP) is 4.59. The van der Waals surface area contributed by atoms with Gasteiger partial charge in [0.2, 0.25) is 0 Å². The van der Waals surface area contributed by atoms with Crippen molar-refractivity contribution in [2.24, 2.45) is 0 Å². The number of anilines is 1. The molecular formula is C21H18N2O. The van der Waals surface area contributed by atoms with E-state index < -0.39 is 0 Å². The Labute approximate surface area is 141 Å². The topological polar surface area (TPSA) is 32.3 Å². The van der Waals surface area contributed by atoms with Crippen LogP contribution in [0.25, 0.3) is 10.8 Å². The van der Waals surface area contributed by atoms with Gasteiger partial charge in [0.15, 0.2) is 0 Å². The summed E-state index contributed by atoms with van der Waals surface area (Å²) in [6.07, 6.45) is 1.56. The molecule has 1 heterocycles. The quantitative estimate of drug-likeness (QED) is 0.717. The molecule has 0 aliphatic carbocycles. The number of hydrogen-bond acceptors (Lipinski definition) is 2. The highest BCUT2D eigenvalue weighted by molar-refractivity contribution is 6.02. The third-order valence-electron chi connectivity index (χ3n) is 4.47. The Bertz CT molecular complexity index is 927. The van der Waals surface area contributed by atoms with Crippen LogP contribution in [0.1, 0.15) is 22.1 Å².